The van der Waals surface area contributed by atoms with Crippen LogP contribution < -0.4 is 20.5 Å². The van der Waals surface area contributed by atoms with Gasteiger partial charge in [-0.05, 0) is 43.9 Å². The monoisotopic (exact) mass is 292 g/mol. The minimum atomic E-state index is -0.765. The van der Waals surface area contributed by atoms with Crippen LogP contribution in [0, 0.1) is 5.92 Å². The number of rotatable bonds is 9. The van der Waals surface area contributed by atoms with E-state index in [1.807, 2.05) is 18.2 Å². The maximum absolute atomic E-state index is 12.0. The number of hydrogen-bond acceptors (Lipinski definition) is 4. The summed E-state index contributed by atoms with van der Waals surface area (Å²) in [5.41, 5.74) is 4.90. The lowest BCUT2D eigenvalue weighted by Gasteiger charge is -2.31. The number of primary amides is 1. The summed E-state index contributed by atoms with van der Waals surface area (Å²) in [5.74, 6) is 1.34. The fourth-order valence-corrected chi connectivity index (χ4v) is 2.48. The smallest absolute Gasteiger partial charge is 0.241 e. The van der Waals surface area contributed by atoms with E-state index in [0.29, 0.717) is 5.75 Å². The number of nitrogens with two attached hydrogens (primary N) is 1. The molecule has 0 heterocycles. The minimum absolute atomic E-state index is 0.250. The Bertz CT molecular complexity index is 488. The molecule has 2 rings (SSSR count). The maximum atomic E-state index is 12.0. The Labute approximate surface area is 125 Å². The first-order chi connectivity index (χ1) is 10.1. The summed E-state index contributed by atoms with van der Waals surface area (Å²) in [6.45, 7) is 3.07. The van der Waals surface area contributed by atoms with Crippen molar-refractivity contribution in [3.63, 3.8) is 0 Å². The zero-order valence-corrected chi connectivity index (χ0v) is 12.7. The van der Waals surface area contributed by atoms with Gasteiger partial charge >= 0.3 is 0 Å². The van der Waals surface area contributed by atoms with Crippen molar-refractivity contribution < 1.29 is 14.3 Å². The van der Waals surface area contributed by atoms with Crippen molar-refractivity contribution in [3.8, 4) is 11.5 Å². The van der Waals surface area contributed by atoms with E-state index >= 15 is 0 Å². The molecule has 5 heteroatoms. The molecule has 1 unspecified atom stereocenters. The molecule has 1 atom stereocenters. The number of hydrogen-bond donors (Lipinski definition) is 2. The third-order valence-corrected chi connectivity index (χ3v) is 3.91. The fraction of sp³-hybridized carbons (Fsp3) is 0.562. The Morgan fingerprint density at radius 2 is 2.14 bits per heavy atom. The molecule has 116 valence electrons. The van der Waals surface area contributed by atoms with Crippen molar-refractivity contribution in [2.24, 2.45) is 11.7 Å². The third kappa shape index (κ3) is 3.67. The molecule has 0 saturated heterocycles. The molecule has 5 nitrogen and oxygen atoms in total. The average Bonchev–Trinajstić information content (AvgIpc) is 3.32. The summed E-state index contributed by atoms with van der Waals surface area (Å²) < 4.78 is 11.0. The second-order valence-corrected chi connectivity index (χ2v) is 5.50. The summed E-state index contributed by atoms with van der Waals surface area (Å²) in [7, 11) is 1.61. The number of carbonyl (C=O) groups is 1. The molecular weight excluding hydrogens is 268 g/mol. The van der Waals surface area contributed by atoms with Crippen LogP contribution in [0.5, 0.6) is 11.5 Å². The van der Waals surface area contributed by atoms with Gasteiger partial charge < -0.3 is 20.5 Å². The van der Waals surface area contributed by atoms with Crippen molar-refractivity contribution >= 4 is 5.91 Å². The fourth-order valence-electron chi connectivity index (χ4n) is 2.48. The standard InChI is InChI=1S/C16H24N2O3/c1-3-9-18-16(15(17)19,12-7-8-12)11-21-14-6-4-5-13(10-14)20-2/h4-6,10,12,18H,3,7-9,11H2,1-2H3,(H2,17,19). The minimum Gasteiger partial charge on any atom is -0.497 e. The second kappa shape index (κ2) is 6.80. The second-order valence-electron chi connectivity index (χ2n) is 5.50. The summed E-state index contributed by atoms with van der Waals surface area (Å²) in [5, 5.41) is 3.31. The van der Waals surface area contributed by atoms with E-state index in [4.69, 9.17) is 15.2 Å². The molecule has 1 saturated carbocycles. The van der Waals surface area contributed by atoms with Crippen molar-refractivity contribution in [1.82, 2.24) is 5.32 Å². The Kier molecular flexibility index (Phi) is 5.07. The topological polar surface area (TPSA) is 73.6 Å². The Morgan fingerprint density at radius 1 is 1.43 bits per heavy atom. The van der Waals surface area contributed by atoms with E-state index in [0.717, 1.165) is 31.6 Å². The largest absolute Gasteiger partial charge is 0.497 e. The van der Waals surface area contributed by atoms with Crippen LogP contribution in [0.15, 0.2) is 24.3 Å². The van der Waals surface area contributed by atoms with Gasteiger partial charge in [0.25, 0.3) is 0 Å². The molecule has 0 aromatic heterocycles. The Balaban J connectivity index is 2.09. The van der Waals surface area contributed by atoms with Crippen LogP contribution in [0.2, 0.25) is 0 Å². The molecule has 1 fully saturated rings. The highest BCUT2D eigenvalue weighted by atomic mass is 16.5. The predicted octanol–water partition coefficient (Wildman–Crippen LogP) is 1.71. The molecule has 1 aromatic carbocycles. The van der Waals surface area contributed by atoms with E-state index in [1.165, 1.54) is 0 Å². The molecule has 1 aliphatic carbocycles. The molecule has 3 N–H and O–H groups in total. The van der Waals surface area contributed by atoms with E-state index in [1.54, 1.807) is 13.2 Å². The van der Waals surface area contributed by atoms with Gasteiger partial charge in [0.15, 0.2) is 0 Å². The SMILES string of the molecule is CCCNC(COc1cccc(OC)c1)(C(N)=O)C1CC1. The molecule has 0 radical (unpaired) electrons. The van der Waals surface area contributed by atoms with Crippen LogP contribution in [0.1, 0.15) is 26.2 Å². The van der Waals surface area contributed by atoms with Crippen LogP contribution in [0.4, 0.5) is 0 Å². The molecule has 0 spiro atoms. The number of methoxy groups -OCH3 is 1. The van der Waals surface area contributed by atoms with Gasteiger partial charge in [-0.25, -0.2) is 0 Å². The van der Waals surface area contributed by atoms with E-state index in [-0.39, 0.29) is 18.4 Å². The molecule has 1 aliphatic rings. The number of nitrogens with one attached hydrogen (secondary N) is 1. The number of carbonyl (C=O) groups excluding carboxylic acids is 1. The van der Waals surface area contributed by atoms with Gasteiger partial charge in [-0.2, -0.15) is 0 Å². The Hall–Kier alpha value is -1.75. The quantitative estimate of drug-likeness (QED) is 0.726. The van der Waals surface area contributed by atoms with Gasteiger partial charge in [0, 0.05) is 6.07 Å². The predicted molar refractivity (Wildman–Crippen MR) is 81.4 cm³/mol. The molecule has 1 amide bonds. The van der Waals surface area contributed by atoms with Crippen LogP contribution in [0.3, 0.4) is 0 Å². The highest BCUT2D eigenvalue weighted by Gasteiger charge is 2.50. The first-order valence-electron chi connectivity index (χ1n) is 7.44. The van der Waals surface area contributed by atoms with Crippen molar-refractivity contribution in [2.75, 3.05) is 20.3 Å². The highest BCUT2D eigenvalue weighted by molar-refractivity contribution is 5.85. The van der Waals surface area contributed by atoms with Gasteiger partial charge in [-0.1, -0.05) is 13.0 Å². The lowest BCUT2D eigenvalue weighted by atomic mass is 9.93. The number of amides is 1. The van der Waals surface area contributed by atoms with Crippen LogP contribution in [-0.2, 0) is 4.79 Å². The summed E-state index contributed by atoms with van der Waals surface area (Å²) in [6, 6.07) is 7.36. The van der Waals surface area contributed by atoms with E-state index in [9.17, 15) is 4.79 Å². The summed E-state index contributed by atoms with van der Waals surface area (Å²) in [4.78, 5) is 12.0. The Morgan fingerprint density at radius 3 is 2.71 bits per heavy atom. The van der Waals surface area contributed by atoms with E-state index in [2.05, 4.69) is 12.2 Å². The molecule has 1 aromatic rings. The van der Waals surface area contributed by atoms with Gasteiger partial charge in [0.2, 0.25) is 5.91 Å². The zero-order chi connectivity index (χ0) is 15.3. The van der Waals surface area contributed by atoms with Crippen molar-refractivity contribution in [3.05, 3.63) is 24.3 Å². The summed E-state index contributed by atoms with van der Waals surface area (Å²) >= 11 is 0. The normalized spacial score (nSPS) is 17.0. The highest BCUT2D eigenvalue weighted by Crippen LogP contribution is 2.40. The maximum Gasteiger partial charge on any atom is 0.241 e. The van der Waals surface area contributed by atoms with Crippen molar-refractivity contribution in [2.45, 2.75) is 31.7 Å². The number of ether oxygens (including phenoxy) is 2. The van der Waals surface area contributed by atoms with Gasteiger partial charge in [-0.15, -0.1) is 0 Å². The van der Waals surface area contributed by atoms with Gasteiger partial charge in [0.1, 0.15) is 23.6 Å². The average molecular weight is 292 g/mol. The first-order valence-corrected chi connectivity index (χ1v) is 7.44. The van der Waals surface area contributed by atoms with Gasteiger partial charge in [-0.3, -0.25) is 4.79 Å². The lowest BCUT2D eigenvalue weighted by Crippen LogP contribution is -2.61. The number of benzene rings is 1. The third-order valence-electron chi connectivity index (χ3n) is 3.91. The first kappa shape index (κ1) is 15.6. The molecule has 0 aliphatic heterocycles. The van der Waals surface area contributed by atoms with Crippen LogP contribution >= 0.6 is 0 Å². The molecular formula is C16H24N2O3. The molecule has 21 heavy (non-hydrogen) atoms. The van der Waals surface area contributed by atoms with Crippen LogP contribution in [0.25, 0.3) is 0 Å². The molecule has 0 bridgehead atoms. The van der Waals surface area contributed by atoms with Crippen LogP contribution in [-0.4, -0.2) is 31.7 Å². The van der Waals surface area contributed by atoms with Gasteiger partial charge in [0.05, 0.1) is 7.11 Å². The summed E-state index contributed by atoms with van der Waals surface area (Å²) in [6.07, 6.45) is 2.98. The lowest BCUT2D eigenvalue weighted by molar-refractivity contribution is -0.126. The van der Waals surface area contributed by atoms with Crippen molar-refractivity contribution in [1.29, 1.82) is 0 Å². The van der Waals surface area contributed by atoms with E-state index < -0.39 is 5.54 Å². The zero-order valence-electron chi connectivity index (χ0n) is 12.7.